The molecule has 28 heavy (non-hydrogen) atoms. The number of amidine groups is 1. The Morgan fingerprint density at radius 2 is 1.82 bits per heavy atom. The molecule has 2 heterocycles. The van der Waals surface area contributed by atoms with Gasteiger partial charge in [-0.15, -0.1) is 0 Å². The number of carbonyl (C=O) groups excluding carboxylic acids is 1. The number of thioether (sulfide) groups is 1. The zero-order chi connectivity index (χ0) is 19.9. The Bertz CT molecular complexity index is 884. The average molecular weight is 421 g/mol. The van der Waals surface area contributed by atoms with Crippen molar-refractivity contribution in [1.82, 2.24) is 0 Å². The number of nitrogens with zero attached hydrogens (tertiary/aromatic N) is 2. The van der Waals surface area contributed by atoms with Crippen molar-refractivity contribution in [1.29, 1.82) is 0 Å². The Labute approximate surface area is 171 Å². The molecule has 0 aromatic heterocycles. The van der Waals surface area contributed by atoms with E-state index in [4.69, 9.17) is 0 Å². The summed E-state index contributed by atoms with van der Waals surface area (Å²) in [6.07, 6.45) is 6.43. The molecule has 1 aromatic rings. The molecular weight excluding hydrogens is 392 g/mol. The Morgan fingerprint density at radius 1 is 1.14 bits per heavy atom. The van der Waals surface area contributed by atoms with Gasteiger partial charge in [0.2, 0.25) is 5.91 Å². The molecular formula is C21H28N2O3S2. The highest BCUT2D eigenvalue weighted by Crippen LogP contribution is 2.41. The van der Waals surface area contributed by atoms with Crippen LogP contribution in [0.4, 0.5) is 5.69 Å². The summed E-state index contributed by atoms with van der Waals surface area (Å²) in [5.41, 5.74) is 3.18. The molecule has 0 unspecified atom stereocenters. The standard InChI is InChI=1S/C21H28N2O3S2/c1-14-9-15(2)11-17(10-14)23-18-12-28(25,26)13-19(18)27-21(23)22-20(24)8-7-16-5-3-4-6-16/h9-11,16,18-19H,3-8,12-13H2,1-2H3/t18-,19-/m1/s1. The Morgan fingerprint density at radius 3 is 2.50 bits per heavy atom. The maximum atomic E-state index is 12.6. The number of hydrogen-bond acceptors (Lipinski definition) is 4. The van der Waals surface area contributed by atoms with Crippen LogP contribution >= 0.6 is 11.8 Å². The highest BCUT2D eigenvalue weighted by Gasteiger charge is 2.49. The van der Waals surface area contributed by atoms with E-state index in [0.717, 1.165) is 23.2 Å². The molecule has 1 amide bonds. The second-order valence-electron chi connectivity index (χ2n) is 8.49. The van der Waals surface area contributed by atoms with Crippen molar-refractivity contribution in [2.45, 2.75) is 63.7 Å². The van der Waals surface area contributed by atoms with Gasteiger partial charge < -0.3 is 4.90 Å². The predicted molar refractivity (Wildman–Crippen MR) is 116 cm³/mol. The first kappa shape index (κ1) is 20.0. The number of fused-ring (bicyclic) bond motifs is 1. The molecule has 0 bridgehead atoms. The molecule has 0 spiro atoms. The Kier molecular flexibility index (Phi) is 5.58. The summed E-state index contributed by atoms with van der Waals surface area (Å²) in [6.45, 7) is 4.07. The number of hydrogen-bond donors (Lipinski definition) is 0. The highest BCUT2D eigenvalue weighted by molar-refractivity contribution is 8.16. The van der Waals surface area contributed by atoms with E-state index in [1.54, 1.807) is 0 Å². The summed E-state index contributed by atoms with van der Waals surface area (Å²) < 4.78 is 24.4. The van der Waals surface area contributed by atoms with Gasteiger partial charge in [-0.1, -0.05) is 43.5 Å². The van der Waals surface area contributed by atoms with E-state index < -0.39 is 9.84 Å². The fourth-order valence-electron chi connectivity index (χ4n) is 4.75. The van der Waals surface area contributed by atoms with Crippen molar-refractivity contribution in [3.8, 4) is 0 Å². The summed E-state index contributed by atoms with van der Waals surface area (Å²) in [5.74, 6) is 0.887. The maximum Gasteiger partial charge on any atom is 0.248 e. The van der Waals surface area contributed by atoms with Gasteiger partial charge >= 0.3 is 0 Å². The number of sulfone groups is 1. The van der Waals surface area contributed by atoms with Crippen LogP contribution in [0.25, 0.3) is 0 Å². The Hall–Kier alpha value is -1.34. The summed E-state index contributed by atoms with van der Waals surface area (Å²) in [5, 5.41) is 0.624. The first-order valence-electron chi connectivity index (χ1n) is 10.2. The number of aliphatic imine (C=N–C) groups is 1. The lowest BCUT2D eigenvalue weighted by Crippen LogP contribution is -2.37. The van der Waals surface area contributed by atoms with Crippen molar-refractivity contribution < 1.29 is 13.2 Å². The summed E-state index contributed by atoms with van der Waals surface area (Å²) in [4.78, 5) is 19.0. The molecule has 1 aliphatic carbocycles. The van der Waals surface area contributed by atoms with Crippen LogP contribution < -0.4 is 4.90 Å². The number of amides is 1. The smallest absolute Gasteiger partial charge is 0.248 e. The van der Waals surface area contributed by atoms with E-state index in [1.807, 2.05) is 18.7 Å². The molecule has 0 radical (unpaired) electrons. The van der Waals surface area contributed by atoms with Crippen LogP contribution in [0.15, 0.2) is 23.2 Å². The molecule has 4 rings (SSSR count). The number of anilines is 1. The van der Waals surface area contributed by atoms with Gasteiger partial charge in [0.25, 0.3) is 0 Å². The second kappa shape index (κ2) is 7.82. The summed E-state index contributed by atoms with van der Waals surface area (Å²) >= 11 is 1.46. The lowest BCUT2D eigenvalue weighted by atomic mass is 10.0. The van der Waals surface area contributed by atoms with E-state index in [0.29, 0.717) is 17.5 Å². The molecule has 7 heteroatoms. The molecule has 152 valence electrons. The van der Waals surface area contributed by atoms with Gasteiger partial charge in [0.1, 0.15) is 0 Å². The number of rotatable bonds is 4. The quantitative estimate of drug-likeness (QED) is 0.740. The monoisotopic (exact) mass is 420 g/mol. The molecule has 1 aromatic carbocycles. The number of aryl methyl sites for hydroxylation is 2. The molecule has 5 nitrogen and oxygen atoms in total. The SMILES string of the molecule is Cc1cc(C)cc(N2C(=NC(=O)CCC3CCCC3)S[C@@H]3CS(=O)(=O)C[C@H]32)c1. The third-order valence-corrected chi connectivity index (χ3v) is 9.22. The molecule has 3 aliphatic rings. The van der Waals surface area contributed by atoms with Gasteiger partial charge in [-0.3, -0.25) is 4.79 Å². The topological polar surface area (TPSA) is 66.8 Å². The fraction of sp³-hybridized carbons (Fsp3) is 0.619. The van der Waals surface area contributed by atoms with Gasteiger partial charge in [-0.25, -0.2) is 8.42 Å². The van der Waals surface area contributed by atoms with Crippen LogP contribution in [0.1, 0.15) is 49.7 Å². The van der Waals surface area contributed by atoms with Gasteiger partial charge in [0, 0.05) is 17.4 Å². The largest absolute Gasteiger partial charge is 0.316 e. The third-order valence-electron chi connectivity index (χ3n) is 6.01. The molecule has 2 atom stereocenters. The fourth-order valence-corrected chi connectivity index (χ4v) is 8.68. The first-order valence-corrected chi connectivity index (χ1v) is 12.9. The minimum Gasteiger partial charge on any atom is -0.316 e. The zero-order valence-electron chi connectivity index (χ0n) is 16.6. The number of benzene rings is 1. The zero-order valence-corrected chi connectivity index (χ0v) is 18.2. The molecule has 1 saturated carbocycles. The van der Waals surface area contributed by atoms with Crippen LogP contribution in [-0.2, 0) is 14.6 Å². The van der Waals surface area contributed by atoms with Gasteiger partial charge in [-0.2, -0.15) is 4.99 Å². The van der Waals surface area contributed by atoms with E-state index in [2.05, 4.69) is 23.2 Å². The van der Waals surface area contributed by atoms with Crippen LogP contribution in [0.2, 0.25) is 0 Å². The van der Waals surface area contributed by atoms with E-state index in [9.17, 15) is 13.2 Å². The van der Waals surface area contributed by atoms with Crippen molar-refractivity contribution in [2.24, 2.45) is 10.9 Å². The second-order valence-corrected chi connectivity index (χ2v) is 11.9. The van der Waals surface area contributed by atoms with Gasteiger partial charge in [-0.05, 0) is 49.4 Å². The molecule has 3 fully saturated rings. The van der Waals surface area contributed by atoms with Gasteiger partial charge in [0.15, 0.2) is 15.0 Å². The molecule has 0 N–H and O–H groups in total. The predicted octanol–water partition coefficient (Wildman–Crippen LogP) is 3.88. The minimum atomic E-state index is -3.04. The molecule has 2 aliphatic heterocycles. The van der Waals surface area contributed by atoms with E-state index in [1.165, 1.54) is 37.4 Å². The van der Waals surface area contributed by atoms with Crippen LogP contribution in [-0.4, -0.2) is 42.3 Å². The Balaban J connectivity index is 1.58. The van der Waals surface area contributed by atoms with Gasteiger partial charge in [0.05, 0.1) is 17.5 Å². The summed E-state index contributed by atoms with van der Waals surface area (Å²) in [7, 11) is -3.04. The van der Waals surface area contributed by atoms with E-state index >= 15 is 0 Å². The lowest BCUT2D eigenvalue weighted by molar-refractivity contribution is -0.118. The lowest BCUT2D eigenvalue weighted by Gasteiger charge is -2.25. The minimum absolute atomic E-state index is 0.0489. The highest BCUT2D eigenvalue weighted by atomic mass is 32.2. The first-order chi connectivity index (χ1) is 13.3. The van der Waals surface area contributed by atoms with Crippen molar-refractivity contribution in [2.75, 3.05) is 16.4 Å². The normalized spacial score (nSPS) is 28.2. The van der Waals surface area contributed by atoms with Crippen molar-refractivity contribution in [3.05, 3.63) is 29.3 Å². The van der Waals surface area contributed by atoms with Crippen LogP contribution in [0.3, 0.4) is 0 Å². The van der Waals surface area contributed by atoms with Crippen molar-refractivity contribution in [3.63, 3.8) is 0 Å². The van der Waals surface area contributed by atoms with E-state index in [-0.39, 0.29) is 28.7 Å². The maximum absolute atomic E-state index is 12.6. The third kappa shape index (κ3) is 4.30. The summed E-state index contributed by atoms with van der Waals surface area (Å²) in [6, 6.07) is 6.07. The van der Waals surface area contributed by atoms with Crippen LogP contribution in [0.5, 0.6) is 0 Å². The number of carbonyl (C=O) groups is 1. The van der Waals surface area contributed by atoms with Crippen molar-refractivity contribution >= 4 is 38.4 Å². The average Bonchev–Trinajstić information content (AvgIpc) is 3.26. The molecule has 2 saturated heterocycles. The van der Waals surface area contributed by atoms with Crippen LogP contribution in [0, 0.1) is 19.8 Å².